The quantitative estimate of drug-likeness (QED) is 0.919. The number of benzene rings is 1. The van der Waals surface area contributed by atoms with Gasteiger partial charge in [0.25, 0.3) is 0 Å². The maximum absolute atomic E-state index is 5.65. The van der Waals surface area contributed by atoms with Crippen molar-refractivity contribution < 1.29 is 9.47 Å². The van der Waals surface area contributed by atoms with Crippen LogP contribution in [-0.4, -0.2) is 20.8 Å². The van der Waals surface area contributed by atoms with E-state index in [1.165, 1.54) is 36.8 Å². The maximum atomic E-state index is 5.65. The Bertz CT molecular complexity index is 466. The van der Waals surface area contributed by atoms with E-state index in [1.807, 2.05) is 6.07 Å². The Balaban J connectivity index is 1.92. The lowest BCUT2D eigenvalue weighted by Gasteiger charge is -2.23. The molecule has 0 aromatic heterocycles. The van der Waals surface area contributed by atoms with Crippen LogP contribution in [0.4, 0.5) is 0 Å². The van der Waals surface area contributed by atoms with Crippen molar-refractivity contribution in [2.45, 2.75) is 38.6 Å². The summed E-state index contributed by atoms with van der Waals surface area (Å²) in [6.07, 6.45) is 6.72. The molecule has 20 heavy (non-hydrogen) atoms. The van der Waals surface area contributed by atoms with Crippen molar-refractivity contribution in [1.29, 1.82) is 0 Å². The molecule has 3 rings (SSSR count). The number of hydrogen-bond donors (Lipinski definition) is 1. The molecular formula is C17H25NO2. The molecule has 110 valence electrons. The van der Waals surface area contributed by atoms with Gasteiger partial charge in [0.2, 0.25) is 0 Å². The van der Waals surface area contributed by atoms with Crippen molar-refractivity contribution in [3.8, 4) is 11.5 Å². The first-order valence-electron chi connectivity index (χ1n) is 7.77. The van der Waals surface area contributed by atoms with Crippen molar-refractivity contribution in [1.82, 2.24) is 5.32 Å². The van der Waals surface area contributed by atoms with Crippen LogP contribution in [0.3, 0.4) is 0 Å². The SMILES string of the molecule is COc1ccc2c(c1OC)CC(C1CCCC1)CNC2. The summed E-state index contributed by atoms with van der Waals surface area (Å²) in [7, 11) is 3.47. The summed E-state index contributed by atoms with van der Waals surface area (Å²) in [5, 5.41) is 3.62. The summed E-state index contributed by atoms with van der Waals surface area (Å²) < 4.78 is 11.1. The first kappa shape index (κ1) is 13.7. The average molecular weight is 275 g/mol. The molecule has 1 N–H and O–H groups in total. The van der Waals surface area contributed by atoms with Gasteiger partial charge in [0.1, 0.15) is 0 Å². The van der Waals surface area contributed by atoms with Crippen LogP contribution in [0.15, 0.2) is 12.1 Å². The minimum atomic E-state index is 0.736. The molecule has 0 radical (unpaired) electrons. The monoisotopic (exact) mass is 275 g/mol. The van der Waals surface area contributed by atoms with Crippen LogP contribution in [0.25, 0.3) is 0 Å². The molecular weight excluding hydrogens is 250 g/mol. The predicted octanol–water partition coefficient (Wildman–Crippen LogP) is 3.16. The Morgan fingerprint density at radius 1 is 1.05 bits per heavy atom. The van der Waals surface area contributed by atoms with Crippen molar-refractivity contribution in [3.05, 3.63) is 23.3 Å². The first-order valence-corrected chi connectivity index (χ1v) is 7.77. The Morgan fingerprint density at radius 3 is 2.55 bits per heavy atom. The summed E-state index contributed by atoms with van der Waals surface area (Å²) in [5.41, 5.74) is 2.72. The van der Waals surface area contributed by atoms with E-state index in [-0.39, 0.29) is 0 Å². The molecule has 2 aliphatic rings. The third-order valence-electron chi connectivity index (χ3n) is 5.00. The molecule has 0 bridgehead atoms. The van der Waals surface area contributed by atoms with E-state index < -0.39 is 0 Å². The van der Waals surface area contributed by atoms with Gasteiger partial charge < -0.3 is 14.8 Å². The van der Waals surface area contributed by atoms with Gasteiger partial charge in [-0.3, -0.25) is 0 Å². The lowest BCUT2D eigenvalue weighted by atomic mass is 9.85. The van der Waals surface area contributed by atoms with Gasteiger partial charge in [-0.2, -0.15) is 0 Å². The summed E-state index contributed by atoms with van der Waals surface area (Å²) >= 11 is 0. The molecule has 1 aliphatic carbocycles. The first-order chi connectivity index (χ1) is 9.83. The molecule has 1 aromatic carbocycles. The van der Waals surface area contributed by atoms with E-state index in [2.05, 4.69) is 11.4 Å². The van der Waals surface area contributed by atoms with E-state index in [0.29, 0.717) is 0 Å². The average Bonchev–Trinajstić information content (AvgIpc) is 2.92. The van der Waals surface area contributed by atoms with E-state index >= 15 is 0 Å². The number of hydrogen-bond acceptors (Lipinski definition) is 3. The number of rotatable bonds is 3. The second kappa shape index (κ2) is 6.04. The van der Waals surface area contributed by atoms with Crippen LogP contribution in [-0.2, 0) is 13.0 Å². The molecule has 3 nitrogen and oxygen atoms in total. The van der Waals surface area contributed by atoms with Gasteiger partial charge in [0, 0.05) is 12.1 Å². The minimum Gasteiger partial charge on any atom is -0.493 e. The van der Waals surface area contributed by atoms with Crippen LogP contribution in [0.1, 0.15) is 36.8 Å². The molecule has 1 aromatic rings. The second-order valence-corrected chi connectivity index (χ2v) is 6.08. The van der Waals surface area contributed by atoms with Crippen LogP contribution >= 0.6 is 0 Å². The normalized spacial score (nSPS) is 23.2. The number of nitrogens with one attached hydrogen (secondary N) is 1. The summed E-state index contributed by atoms with van der Waals surface area (Å²) in [6.45, 7) is 2.07. The topological polar surface area (TPSA) is 30.5 Å². The van der Waals surface area contributed by atoms with Crippen molar-refractivity contribution in [2.75, 3.05) is 20.8 Å². The Morgan fingerprint density at radius 2 is 1.85 bits per heavy atom. The Kier molecular flexibility index (Phi) is 4.16. The summed E-state index contributed by atoms with van der Waals surface area (Å²) in [4.78, 5) is 0. The number of ether oxygens (including phenoxy) is 2. The number of methoxy groups -OCH3 is 2. The molecule has 0 saturated heterocycles. The smallest absolute Gasteiger partial charge is 0.164 e. The molecule has 1 fully saturated rings. The third-order valence-corrected chi connectivity index (χ3v) is 5.00. The fourth-order valence-corrected chi connectivity index (χ4v) is 3.91. The van der Waals surface area contributed by atoms with Gasteiger partial charge in [-0.25, -0.2) is 0 Å². The fraction of sp³-hybridized carbons (Fsp3) is 0.647. The van der Waals surface area contributed by atoms with Gasteiger partial charge in [-0.15, -0.1) is 0 Å². The number of fused-ring (bicyclic) bond motifs is 1. The zero-order valence-corrected chi connectivity index (χ0v) is 12.6. The summed E-state index contributed by atoms with van der Waals surface area (Å²) in [5.74, 6) is 3.42. The van der Waals surface area contributed by atoms with Crippen molar-refractivity contribution in [3.63, 3.8) is 0 Å². The third kappa shape index (κ3) is 2.51. The highest BCUT2D eigenvalue weighted by atomic mass is 16.5. The molecule has 1 heterocycles. The standard InChI is InChI=1S/C17H25NO2/c1-19-16-8-7-13-10-18-11-14(12-5-3-4-6-12)9-15(13)17(16)20-2/h7-8,12,14,18H,3-6,9-11H2,1-2H3. The lowest BCUT2D eigenvalue weighted by molar-refractivity contribution is 0.319. The molecule has 1 unspecified atom stereocenters. The predicted molar refractivity (Wildman–Crippen MR) is 80.4 cm³/mol. The maximum Gasteiger partial charge on any atom is 0.164 e. The van der Waals surface area contributed by atoms with Crippen LogP contribution in [0, 0.1) is 11.8 Å². The molecule has 3 heteroatoms. The van der Waals surface area contributed by atoms with Gasteiger partial charge in [0.05, 0.1) is 14.2 Å². The van der Waals surface area contributed by atoms with Crippen molar-refractivity contribution in [2.24, 2.45) is 11.8 Å². The summed E-state index contributed by atoms with van der Waals surface area (Å²) in [6, 6.07) is 4.20. The molecule has 0 spiro atoms. The Hall–Kier alpha value is -1.22. The highest BCUT2D eigenvalue weighted by Gasteiger charge is 2.29. The van der Waals surface area contributed by atoms with Gasteiger partial charge in [0.15, 0.2) is 11.5 Å². The molecule has 1 saturated carbocycles. The minimum absolute atomic E-state index is 0.736. The zero-order valence-electron chi connectivity index (χ0n) is 12.6. The van der Waals surface area contributed by atoms with Crippen LogP contribution in [0.5, 0.6) is 11.5 Å². The highest BCUT2D eigenvalue weighted by Crippen LogP contribution is 2.40. The lowest BCUT2D eigenvalue weighted by Crippen LogP contribution is -2.25. The van der Waals surface area contributed by atoms with Crippen molar-refractivity contribution >= 4 is 0 Å². The van der Waals surface area contributed by atoms with Crippen LogP contribution < -0.4 is 14.8 Å². The van der Waals surface area contributed by atoms with Gasteiger partial charge in [-0.1, -0.05) is 31.7 Å². The Labute approximate surface area is 121 Å². The zero-order chi connectivity index (χ0) is 13.9. The molecule has 0 amide bonds. The van der Waals surface area contributed by atoms with Crippen LogP contribution in [0.2, 0.25) is 0 Å². The fourth-order valence-electron chi connectivity index (χ4n) is 3.91. The van der Waals surface area contributed by atoms with E-state index in [4.69, 9.17) is 9.47 Å². The molecule has 1 atom stereocenters. The van der Waals surface area contributed by atoms with E-state index in [0.717, 1.165) is 42.8 Å². The largest absolute Gasteiger partial charge is 0.493 e. The van der Waals surface area contributed by atoms with E-state index in [1.54, 1.807) is 14.2 Å². The highest BCUT2D eigenvalue weighted by molar-refractivity contribution is 5.51. The van der Waals surface area contributed by atoms with Gasteiger partial charge in [-0.05, 0) is 36.4 Å². The second-order valence-electron chi connectivity index (χ2n) is 6.08. The van der Waals surface area contributed by atoms with E-state index in [9.17, 15) is 0 Å². The molecule has 1 aliphatic heterocycles. The van der Waals surface area contributed by atoms with Gasteiger partial charge >= 0.3 is 0 Å².